The van der Waals surface area contributed by atoms with Gasteiger partial charge in [-0.3, -0.25) is 20.0 Å². The van der Waals surface area contributed by atoms with Gasteiger partial charge in [0.25, 0.3) is 0 Å². The highest BCUT2D eigenvalue weighted by Gasteiger charge is 2.32. The van der Waals surface area contributed by atoms with E-state index in [2.05, 4.69) is 16.8 Å². The SMILES string of the molecule is COc1ccc2c(c1)C(C(=O)NN1CCCc3ccccc31)CC(=O)N2. The van der Waals surface area contributed by atoms with Gasteiger partial charge in [0.05, 0.1) is 18.7 Å². The molecule has 134 valence electrons. The monoisotopic (exact) mass is 351 g/mol. The number of para-hydroxylation sites is 1. The molecule has 1 atom stereocenters. The van der Waals surface area contributed by atoms with E-state index < -0.39 is 5.92 Å². The van der Waals surface area contributed by atoms with E-state index in [1.807, 2.05) is 29.3 Å². The van der Waals surface area contributed by atoms with Crippen LogP contribution in [0, 0.1) is 0 Å². The summed E-state index contributed by atoms with van der Waals surface area (Å²) in [4.78, 5) is 25.1. The van der Waals surface area contributed by atoms with E-state index in [0.29, 0.717) is 11.4 Å². The Morgan fingerprint density at radius 1 is 1.27 bits per heavy atom. The van der Waals surface area contributed by atoms with Crippen LogP contribution in [0.2, 0.25) is 0 Å². The first kappa shape index (κ1) is 16.4. The highest BCUT2D eigenvalue weighted by Crippen LogP contribution is 2.35. The molecule has 0 aliphatic carbocycles. The van der Waals surface area contributed by atoms with Crippen molar-refractivity contribution in [2.75, 3.05) is 24.0 Å². The molecule has 0 bridgehead atoms. The van der Waals surface area contributed by atoms with Gasteiger partial charge in [0.15, 0.2) is 0 Å². The molecule has 0 saturated heterocycles. The lowest BCUT2D eigenvalue weighted by Crippen LogP contribution is -2.48. The van der Waals surface area contributed by atoms with Gasteiger partial charge in [0.2, 0.25) is 11.8 Å². The Morgan fingerprint density at radius 2 is 2.12 bits per heavy atom. The third-order valence-corrected chi connectivity index (χ3v) is 4.97. The second-order valence-electron chi connectivity index (χ2n) is 6.62. The van der Waals surface area contributed by atoms with Crippen LogP contribution in [0.25, 0.3) is 0 Å². The van der Waals surface area contributed by atoms with Crippen LogP contribution in [0.1, 0.15) is 29.9 Å². The van der Waals surface area contributed by atoms with Gasteiger partial charge in [-0.15, -0.1) is 0 Å². The number of hydrogen-bond donors (Lipinski definition) is 2. The Morgan fingerprint density at radius 3 is 2.96 bits per heavy atom. The molecular formula is C20H21N3O3. The fourth-order valence-electron chi connectivity index (χ4n) is 3.66. The summed E-state index contributed by atoms with van der Waals surface area (Å²) < 4.78 is 5.28. The van der Waals surface area contributed by atoms with Crippen molar-refractivity contribution in [3.8, 4) is 5.75 Å². The molecule has 0 fully saturated rings. The van der Waals surface area contributed by atoms with E-state index in [0.717, 1.165) is 30.6 Å². The number of rotatable bonds is 3. The van der Waals surface area contributed by atoms with Crippen LogP contribution in [-0.2, 0) is 16.0 Å². The number of carbonyl (C=O) groups excluding carboxylic acids is 2. The predicted octanol–water partition coefficient (Wildman–Crippen LogP) is 2.61. The second kappa shape index (κ2) is 6.71. The zero-order valence-corrected chi connectivity index (χ0v) is 14.6. The Balaban J connectivity index is 1.61. The molecule has 2 N–H and O–H groups in total. The molecular weight excluding hydrogens is 330 g/mol. The summed E-state index contributed by atoms with van der Waals surface area (Å²) in [5, 5.41) is 4.72. The Hall–Kier alpha value is -3.02. The van der Waals surface area contributed by atoms with E-state index >= 15 is 0 Å². The van der Waals surface area contributed by atoms with E-state index in [4.69, 9.17) is 4.74 Å². The first-order chi connectivity index (χ1) is 12.7. The zero-order valence-electron chi connectivity index (χ0n) is 14.6. The average Bonchev–Trinajstić information content (AvgIpc) is 2.67. The fourth-order valence-corrected chi connectivity index (χ4v) is 3.66. The van der Waals surface area contributed by atoms with Crippen molar-refractivity contribution < 1.29 is 14.3 Å². The lowest BCUT2D eigenvalue weighted by molar-refractivity contribution is -0.126. The van der Waals surface area contributed by atoms with Crippen molar-refractivity contribution in [3.05, 3.63) is 53.6 Å². The Bertz CT molecular complexity index is 865. The van der Waals surface area contributed by atoms with Crippen LogP contribution in [0.4, 0.5) is 11.4 Å². The highest BCUT2D eigenvalue weighted by atomic mass is 16.5. The maximum Gasteiger partial charge on any atom is 0.246 e. The standard InChI is InChI=1S/C20H21N3O3/c1-26-14-8-9-17-15(11-14)16(12-19(24)21-17)20(25)22-23-10-4-6-13-5-2-3-7-18(13)23/h2-3,5,7-9,11,16H,4,6,10,12H2,1H3,(H,21,24)(H,22,25). The Kier molecular flexibility index (Phi) is 4.24. The van der Waals surface area contributed by atoms with Crippen LogP contribution in [-0.4, -0.2) is 25.5 Å². The normalized spacial score (nSPS) is 18.4. The third kappa shape index (κ3) is 2.98. The van der Waals surface area contributed by atoms with Crippen LogP contribution in [0.5, 0.6) is 5.75 Å². The third-order valence-electron chi connectivity index (χ3n) is 4.97. The van der Waals surface area contributed by atoms with Gasteiger partial charge in [-0.2, -0.15) is 0 Å². The molecule has 2 heterocycles. The van der Waals surface area contributed by atoms with Gasteiger partial charge in [-0.25, -0.2) is 0 Å². The van der Waals surface area contributed by atoms with E-state index in [1.54, 1.807) is 19.2 Å². The summed E-state index contributed by atoms with van der Waals surface area (Å²) in [5.74, 6) is -0.197. The van der Waals surface area contributed by atoms with Crippen molar-refractivity contribution >= 4 is 23.2 Å². The van der Waals surface area contributed by atoms with Crippen LogP contribution in [0.3, 0.4) is 0 Å². The molecule has 2 aromatic rings. The molecule has 0 saturated carbocycles. The molecule has 6 nitrogen and oxygen atoms in total. The predicted molar refractivity (Wildman–Crippen MR) is 99.2 cm³/mol. The number of aryl methyl sites for hydroxylation is 1. The average molecular weight is 351 g/mol. The number of anilines is 2. The summed E-state index contributed by atoms with van der Waals surface area (Å²) in [6, 6.07) is 13.5. The maximum atomic E-state index is 13.0. The summed E-state index contributed by atoms with van der Waals surface area (Å²) >= 11 is 0. The van der Waals surface area contributed by atoms with Crippen LogP contribution >= 0.6 is 0 Å². The molecule has 2 amide bonds. The molecule has 0 aromatic heterocycles. The number of carbonyl (C=O) groups is 2. The molecule has 0 spiro atoms. The Labute approximate surface area is 152 Å². The van der Waals surface area contributed by atoms with Crippen molar-refractivity contribution in [2.45, 2.75) is 25.2 Å². The molecule has 4 rings (SSSR count). The van der Waals surface area contributed by atoms with Gasteiger partial charge in [0, 0.05) is 18.7 Å². The van der Waals surface area contributed by atoms with Gasteiger partial charge in [-0.05, 0) is 48.2 Å². The molecule has 2 aliphatic heterocycles. The van der Waals surface area contributed by atoms with E-state index in [9.17, 15) is 9.59 Å². The molecule has 0 radical (unpaired) electrons. The van der Waals surface area contributed by atoms with Gasteiger partial charge in [-0.1, -0.05) is 18.2 Å². The number of hydrogen-bond acceptors (Lipinski definition) is 4. The molecule has 2 aliphatic rings. The number of fused-ring (bicyclic) bond motifs is 2. The zero-order chi connectivity index (χ0) is 18.1. The topological polar surface area (TPSA) is 70.7 Å². The summed E-state index contributed by atoms with van der Waals surface area (Å²) in [5.41, 5.74) is 6.72. The maximum absolute atomic E-state index is 13.0. The number of amides is 2. The number of ether oxygens (including phenoxy) is 1. The van der Waals surface area contributed by atoms with Crippen LogP contribution in [0.15, 0.2) is 42.5 Å². The quantitative estimate of drug-likeness (QED) is 0.892. The first-order valence-corrected chi connectivity index (χ1v) is 8.79. The summed E-state index contributed by atoms with van der Waals surface area (Å²) in [6.07, 6.45) is 2.11. The van der Waals surface area contributed by atoms with Crippen molar-refractivity contribution in [2.24, 2.45) is 0 Å². The summed E-state index contributed by atoms with van der Waals surface area (Å²) in [7, 11) is 1.59. The second-order valence-corrected chi connectivity index (χ2v) is 6.62. The largest absolute Gasteiger partial charge is 0.497 e. The number of hydrazine groups is 1. The minimum absolute atomic E-state index is 0.126. The molecule has 2 aromatic carbocycles. The molecule has 26 heavy (non-hydrogen) atoms. The van der Waals surface area contributed by atoms with Gasteiger partial charge < -0.3 is 10.1 Å². The number of nitrogens with one attached hydrogen (secondary N) is 2. The number of nitrogens with zero attached hydrogens (tertiary/aromatic N) is 1. The first-order valence-electron chi connectivity index (χ1n) is 8.79. The van der Waals surface area contributed by atoms with Crippen molar-refractivity contribution in [1.29, 1.82) is 0 Å². The van der Waals surface area contributed by atoms with Crippen molar-refractivity contribution in [1.82, 2.24) is 5.43 Å². The lowest BCUT2D eigenvalue weighted by Gasteiger charge is -2.33. The van der Waals surface area contributed by atoms with E-state index in [1.165, 1.54) is 5.56 Å². The van der Waals surface area contributed by atoms with Gasteiger partial charge >= 0.3 is 0 Å². The van der Waals surface area contributed by atoms with Gasteiger partial charge in [0.1, 0.15) is 5.75 Å². The fraction of sp³-hybridized carbons (Fsp3) is 0.300. The molecule has 1 unspecified atom stereocenters. The number of benzene rings is 2. The highest BCUT2D eigenvalue weighted by molar-refractivity contribution is 6.01. The van der Waals surface area contributed by atoms with E-state index in [-0.39, 0.29) is 18.2 Å². The lowest BCUT2D eigenvalue weighted by atomic mass is 9.89. The molecule has 6 heteroatoms. The smallest absolute Gasteiger partial charge is 0.246 e. The minimum atomic E-state index is -0.539. The summed E-state index contributed by atoms with van der Waals surface area (Å²) in [6.45, 7) is 0.757. The van der Waals surface area contributed by atoms with Crippen LogP contribution < -0.4 is 20.5 Å². The van der Waals surface area contributed by atoms with Crippen molar-refractivity contribution in [3.63, 3.8) is 0 Å². The number of methoxy groups -OCH3 is 1. The minimum Gasteiger partial charge on any atom is -0.497 e.